The maximum atomic E-state index is 12.9. The molecule has 2 aromatic heterocycles. The molecule has 28 heavy (non-hydrogen) atoms. The van der Waals surface area contributed by atoms with Crippen LogP contribution >= 0.6 is 0 Å². The third kappa shape index (κ3) is 3.38. The lowest BCUT2D eigenvalue weighted by Crippen LogP contribution is -2.44. The maximum absolute atomic E-state index is 12.9. The Labute approximate surface area is 164 Å². The van der Waals surface area contributed by atoms with Gasteiger partial charge in [-0.2, -0.15) is 0 Å². The number of rotatable bonds is 3. The number of carbonyl (C=O) groups excluding carboxylic acids is 2. The largest absolute Gasteiger partial charge is 0.359 e. The summed E-state index contributed by atoms with van der Waals surface area (Å²) in [7, 11) is 1.64. The second-order valence-corrected chi connectivity index (χ2v) is 7.35. The normalized spacial score (nSPS) is 16.9. The van der Waals surface area contributed by atoms with Crippen LogP contribution in [0, 0.1) is 12.8 Å². The minimum atomic E-state index is -0.119. The first kappa shape index (κ1) is 18.2. The number of nitrogens with zero attached hydrogens (tertiary/aromatic N) is 3. The van der Waals surface area contributed by atoms with Crippen molar-refractivity contribution in [1.29, 1.82) is 0 Å². The molecule has 1 atom stereocenters. The molecular formula is C22H24N4O2. The number of hydrogen-bond donors (Lipinski definition) is 1. The standard InChI is InChI=1S/C22H24N4O2/c1-15-12-19(14-25-11-9-24-20(15)25)16-5-7-17(8-6-16)22(28)26-10-3-4-18(13-26)21(27)23-2/h5-9,11-12,14,18H,3-4,10,13H2,1-2H3,(H,23,27)/t18-/m1/s1. The van der Waals surface area contributed by atoms with Crippen LogP contribution in [0.5, 0.6) is 0 Å². The lowest BCUT2D eigenvalue weighted by atomic mass is 9.96. The molecule has 6 nitrogen and oxygen atoms in total. The number of pyridine rings is 1. The molecule has 1 aliphatic heterocycles. The van der Waals surface area contributed by atoms with E-state index in [2.05, 4.69) is 16.4 Å². The van der Waals surface area contributed by atoms with Crippen LogP contribution in [0.15, 0.2) is 48.9 Å². The minimum absolute atomic E-state index is 0.0121. The van der Waals surface area contributed by atoms with E-state index in [0.717, 1.165) is 35.2 Å². The number of benzene rings is 1. The van der Waals surface area contributed by atoms with Gasteiger partial charge in [0.25, 0.3) is 5.91 Å². The van der Waals surface area contributed by atoms with E-state index in [1.54, 1.807) is 18.1 Å². The van der Waals surface area contributed by atoms with E-state index in [4.69, 9.17) is 0 Å². The van der Waals surface area contributed by atoms with Crippen molar-refractivity contribution in [2.24, 2.45) is 5.92 Å². The second-order valence-electron chi connectivity index (χ2n) is 7.35. The third-order valence-corrected chi connectivity index (χ3v) is 5.46. The van der Waals surface area contributed by atoms with Crippen molar-refractivity contribution in [3.05, 3.63) is 60.0 Å². The van der Waals surface area contributed by atoms with Crippen molar-refractivity contribution in [1.82, 2.24) is 19.6 Å². The Morgan fingerprint density at radius 1 is 1.18 bits per heavy atom. The maximum Gasteiger partial charge on any atom is 0.253 e. The zero-order valence-corrected chi connectivity index (χ0v) is 16.2. The lowest BCUT2D eigenvalue weighted by Gasteiger charge is -2.31. The molecule has 0 saturated carbocycles. The molecule has 1 fully saturated rings. The van der Waals surface area contributed by atoms with E-state index in [1.165, 1.54) is 0 Å². The molecule has 1 saturated heterocycles. The van der Waals surface area contributed by atoms with Crippen LogP contribution in [0.2, 0.25) is 0 Å². The molecule has 4 rings (SSSR count). The van der Waals surface area contributed by atoms with E-state index >= 15 is 0 Å². The predicted octanol–water partition coefficient (Wildman–Crippen LogP) is 2.91. The summed E-state index contributed by atoms with van der Waals surface area (Å²) in [5.41, 5.74) is 4.85. The van der Waals surface area contributed by atoms with Gasteiger partial charge in [-0.25, -0.2) is 4.98 Å². The summed E-state index contributed by atoms with van der Waals surface area (Å²) >= 11 is 0. The van der Waals surface area contributed by atoms with E-state index in [9.17, 15) is 9.59 Å². The Morgan fingerprint density at radius 2 is 1.96 bits per heavy atom. The van der Waals surface area contributed by atoms with Crippen molar-refractivity contribution in [3.63, 3.8) is 0 Å². The molecule has 1 aliphatic rings. The predicted molar refractivity (Wildman–Crippen MR) is 108 cm³/mol. The summed E-state index contributed by atoms with van der Waals surface area (Å²) < 4.78 is 2.01. The van der Waals surface area contributed by atoms with Crippen LogP contribution in [0.4, 0.5) is 0 Å². The number of fused-ring (bicyclic) bond motifs is 1. The van der Waals surface area contributed by atoms with Crippen LogP contribution < -0.4 is 5.32 Å². The van der Waals surface area contributed by atoms with Gasteiger partial charge in [0, 0.05) is 44.3 Å². The smallest absolute Gasteiger partial charge is 0.253 e. The van der Waals surface area contributed by atoms with Gasteiger partial charge >= 0.3 is 0 Å². The molecule has 3 aromatic rings. The molecule has 2 amide bonds. The zero-order valence-electron chi connectivity index (χ0n) is 16.2. The molecule has 1 aromatic carbocycles. The minimum Gasteiger partial charge on any atom is -0.359 e. The summed E-state index contributed by atoms with van der Waals surface area (Å²) in [6, 6.07) is 9.80. The number of nitrogens with one attached hydrogen (secondary N) is 1. The summed E-state index contributed by atoms with van der Waals surface area (Å²) in [5, 5.41) is 2.69. The average molecular weight is 376 g/mol. The van der Waals surface area contributed by atoms with Gasteiger partial charge in [-0.3, -0.25) is 9.59 Å². The van der Waals surface area contributed by atoms with E-state index in [-0.39, 0.29) is 17.7 Å². The SMILES string of the molecule is CNC(=O)[C@@H]1CCCN(C(=O)c2ccc(-c3cc(C)c4nccn4c3)cc2)C1. The molecule has 0 spiro atoms. The summed E-state index contributed by atoms with van der Waals surface area (Å²) in [5.74, 6) is -0.119. The van der Waals surface area contributed by atoms with Crippen molar-refractivity contribution in [3.8, 4) is 11.1 Å². The molecule has 0 radical (unpaired) electrons. The van der Waals surface area contributed by atoms with Crippen LogP contribution in [-0.2, 0) is 4.79 Å². The van der Waals surface area contributed by atoms with E-state index in [0.29, 0.717) is 18.7 Å². The Bertz CT molecular complexity index is 1020. The van der Waals surface area contributed by atoms with Crippen molar-refractivity contribution >= 4 is 17.5 Å². The number of aryl methyl sites for hydroxylation is 1. The Hall–Kier alpha value is -3.15. The summed E-state index contributed by atoms with van der Waals surface area (Å²) in [6.45, 7) is 3.23. The molecular weight excluding hydrogens is 352 g/mol. The highest BCUT2D eigenvalue weighted by Crippen LogP contribution is 2.24. The highest BCUT2D eigenvalue weighted by Gasteiger charge is 2.28. The lowest BCUT2D eigenvalue weighted by molar-refractivity contribution is -0.125. The Kier molecular flexibility index (Phi) is 4.86. The fourth-order valence-corrected chi connectivity index (χ4v) is 3.93. The van der Waals surface area contributed by atoms with Crippen LogP contribution in [0.1, 0.15) is 28.8 Å². The zero-order chi connectivity index (χ0) is 19.7. The second kappa shape index (κ2) is 7.46. The molecule has 0 unspecified atom stereocenters. The number of aromatic nitrogens is 2. The quantitative estimate of drug-likeness (QED) is 0.764. The number of likely N-dealkylation sites (tertiary alicyclic amines) is 1. The number of carbonyl (C=O) groups is 2. The van der Waals surface area contributed by atoms with Gasteiger partial charge in [-0.15, -0.1) is 0 Å². The molecule has 6 heteroatoms. The number of imidazole rings is 1. The molecule has 0 bridgehead atoms. The first-order chi connectivity index (χ1) is 13.6. The van der Waals surface area contributed by atoms with Crippen LogP contribution in [-0.4, -0.2) is 46.2 Å². The first-order valence-corrected chi connectivity index (χ1v) is 9.61. The Balaban J connectivity index is 1.53. The van der Waals surface area contributed by atoms with Gasteiger partial charge in [-0.1, -0.05) is 12.1 Å². The fourth-order valence-electron chi connectivity index (χ4n) is 3.93. The number of amides is 2. The van der Waals surface area contributed by atoms with E-state index < -0.39 is 0 Å². The Morgan fingerprint density at radius 3 is 2.71 bits per heavy atom. The van der Waals surface area contributed by atoms with Gasteiger partial charge < -0.3 is 14.6 Å². The number of piperidine rings is 1. The van der Waals surface area contributed by atoms with Gasteiger partial charge in [0.1, 0.15) is 5.65 Å². The monoisotopic (exact) mass is 376 g/mol. The van der Waals surface area contributed by atoms with Gasteiger partial charge in [0.15, 0.2) is 0 Å². The fraction of sp³-hybridized carbons (Fsp3) is 0.318. The van der Waals surface area contributed by atoms with Crippen molar-refractivity contribution in [2.45, 2.75) is 19.8 Å². The van der Waals surface area contributed by atoms with Gasteiger partial charge in [-0.05, 0) is 54.7 Å². The molecule has 3 heterocycles. The van der Waals surface area contributed by atoms with Crippen LogP contribution in [0.3, 0.4) is 0 Å². The average Bonchev–Trinajstić information content (AvgIpc) is 3.22. The van der Waals surface area contributed by atoms with Gasteiger partial charge in [0.2, 0.25) is 5.91 Å². The molecule has 1 N–H and O–H groups in total. The molecule has 0 aliphatic carbocycles. The van der Waals surface area contributed by atoms with Crippen molar-refractivity contribution in [2.75, 3.05) is 20.1 Å². The van der Waals surface area contributed by atoms with Crippen molar-refractivity contribution < 1.29 is 9.59 Å². The van der Waals surface area contributed by atoms with E-state index in [1.807, 2.05) is 48.0 Å². The first-order valence-electron chi connectivity index (χ1n) is 9.61. The van der Waals surface area contributed by atoms with Gasteiger partial charge in [0.05, 0.1) is 5.92 Å². The highest BCUT2D eigenvalue weighted by atomic mass is 16.2. The highest BCUT2D eigenvalue weighted by molar-refractivity contribution is 5.95. The summed E-state index contributed by atoms with van der Waals surface area (Å²) in [4.78, 5) is 30.9. The topological polar surface area (TPSA) is 66.7 Å². The summed E-state index contributed by atoms with van der Waals surface area (Å²) in [6.07, 6.45) is 7.46. The molecule has 144 valence electrons. The third-order valence-electron chi connectivity index (χ3n) is 5.46. The van der Waals surface area contributed by atoms with Crippen LogP contribution in [0.25, 0.3) is 16.8 Å². The number of hydrogen-bond acceptors (Lipinski definition) is 3.